The molecular formula is C19H28F2N4O3S. The van der Waals surface area contributed by atoms with Crippen molar-refractivity contribution in [3.05, 3.63) is 11.8 Å². The maximum Gasteiger partial charge on any atom is 0.282 e. The second-order valence-corrected chi connectivity index (χ2v) is 11.4. The molecule has 162 valence electrons. The Hall–Kier alpha value is -1.10. The number of hydrogen-bond acceptors (Lipinski definition) is 5. The molecule has 1 atom stereocenters. The number of rotatable bonds is 4. The van der Waals surface area contributed by atoms with Gasteiger partial charge in [-0.2, -0.15) is 9.40 Å². The van der Waals surface area contributed by atoms with E-state index in [9.17, 15) is 17.2 Å². The monoisotopic (exact) mass is 430 g/mol. The summed E-state index contributed by atoms with van der Waals surface area (Å²) in [5.41, 5.74) is 0.145. The van der Waals surface area contributed by atoms with Crippen LogP contribution in [0.4, 0.5) is 8.78 Å². The van der Waals surface area contributed by atoms with Crippen molar-refractivity contribution < 1.29 is 21.9 Å². The lowest BCUT2D eigenvalue weighted by Crippen LogP contribution is -2.67. The summed E-state index contributed by atoms with van der Waals surface area (Å²) in [5, 5.41) is 3.51. The Bertz CT molecular complexity index is 883. The number of hydrogen-bond donors (Lipinski definition) is 0. The van der Waals surface area contributed by atoms with Gasteiger partial charge in [0, 0.05) is 50.7 Å². The summed E-state index contributed by atoms with van der Waals surface area (Å²) in [5.74, 6) is 0. The Morgan fingerprint density at radius 2 is 1.86 bits per heavy atom. The second-order valence-electron chi connectivity index (χ2n) is 9.53. The third-order valence-electron chi connectivity index (χ3n) is 7.55. The quantitative estimate of drug-likeness (QED) is 0.731. The van der Waals surface area contributed by atoms with Crippen LogP contribution in [0.1, 0.15) is 44.2 Å². The molecule has 5 rings (SSSR count). The summed E-state index contributed by atoms with van der Waals surface area (Å²) in [7, 11) is -2.41. The van der Waals surface area contributed by atoms with E-state index in [1.54, 1.807) is 0 Å². The highest BCUT2D eigenvalue weighted by Crippen LogP contribution is 2.51. The van der Waals surface area contributed by atoms with Gasteiger partial charge in [0.25, 0.3) is 16.4 Å². The fourth-order valence-corrected chi connectivity index (χ4v) is 7.31. The standard InChI is InChI=1S/C19H28F2N4O3S/c1-23-16(8-15(22-23)17(20)21)29(26,27)25-6-4-18(5-7-25)3-2-14(9-18)24-10-19(11-24)12-28-13-19/h8,14,17H,2-7,9-13H2,1H3. The van der Waals surface area contributed by atoms with Crippen LogP contribution in [0.3, 0.4) is 0 Å². The summed E-state index contributed by atoms with van der Waals surface area (Å²) in [6, 6.07) is 1.61. The average molecular weight is 431 g/mol. The molecule has 10 heteroatoms. The maximum atomic E-state index is 13.0. The largest absolute Gasteiger partial charge is 0.380 e. The van der Waals surface area contributed by atoms with Crippen LogP contribution in [-0.4, -0.2) is 72.8 Å². The highest BCUT2D eigenvalue weighted by Gasteiger charge is 2.53. The second kappa shape index (κ2) is 6.70. The molecule has 1 aliphatic carbocycles. The van der Waals surface area contributed by atoms with Crippen LogP contribution in [0.5, 0.6) is 0 Å². The van der Waals surface area contributed by atoms with Crippen molar-refractivity contribution in [1.82, 2.24) is 19.0 Å². The van der Waals surface area contributed by atoms with Gasteiger partial charge in [-0.25, -0.2) is 17.2 Å². The molecule has 0 aromatic carbocycles. The number of alkyl halides is 2. The van der Waals surface area contributed by atoms with Crippen molar-refractivity contribution >= 4 is 10.0 Å². The van der Waals surface area contributed by atoms with Crippen molar-refractivity contribution in [1.29, 1.82) is 0 Å². The number of halogens is 2. The van der Waals surface area contributed by atoms with Gasteiger partial charge in [0.05, 0.1) is 13.2 Å². The first-order valence-corrected chi connectivity index (χ1v) is 11.8. The molecule has 7 nitrogen and oxygen atoms in total. The third-order valence-corrected chi connectivity index (χ3v) is 9.51. The fourth-order valence-electron chi connectivity index (χ4n) is 5.74. The predicted molar refractivity (Wildman–Crippen MR) is 101 cm³/mol. The van der Waals surface area contributed by atoms with E-state index in [0.29, 0.717) is 24.5 Å². The number of piperidine rings is 1. The van der Waals surface area contributed by atoms with Crippen molar-refractivity contribution in [2.45, 2.75) is 49.6 Å². The van der Waals surface area contributed by atoms with E-state index in [1.807, 2.05) is 0 Å². The number of ether oxygens (including phenoxy) is 1. The minimum atomic E-state index is -3.81. The van der Waals surface area contributed by atoms with E-state index in [4.69, 9.17) is 4.74 Å². The van der Waals surface area contributed by atoms with Crippen LogP contribution in [0.15, 0.2) is 11.1 Å². The number of aromatic nitrogens is 2. The molecule has 4 aliphatic rings. The van der Waals surface area contributed by atoms with Gasteiger partial charge in [-0.1, -0.05) is 0 Å². The van der Waals surface area contributed by atoms with E-state index >= 15 is 0 Å². The highest BCUT2D eigenvalue weighted by molar-refractivity contribution is 7.89. The third kappa shape index (κ3) is 3.23. The summed E-state index contributed by atoms with van der Waals surface area (Å²) in [4.78, 5) is 2.59. The molecule has 2 spiro atoms. The lowest BCUT2D eigenvalue weighted by Gasteiger charge is -2.57. The average Bonchev–Trinajstić information content (AvgIpc) is 3.18. The summed E-state index contributed by atoms with van der Waals surface area (Å²) < 4.78 is 59.7. The van der Waals surface area contributed by atoms with Crippen LogP contribution >= 0.6 is 0 Å². The van der Waals surface area contributed by atoms with Gasteiger partial charge < -0.3 is 4.74 Å². The van der Waals surface area contributed by atoms with Gasteiger partial charge >= 0.3 is 0 Å². The van der Waals surface area contributed by atoms with Gasteiger partial charge in [-0.3, -0.25) is 9.58 Å². The Balaban J connectivity index is 1.21. The summed E-state index contributed by atoms with van der Waals surface area (Å²) in [6.07, 6.45) is 2.36. The maximum absolute atomic E-state index is 13.0. The molecule has 0 radical (unpaired) electrons. The molecule has 1 unspecified atom stereocenters. The van der Waals surface area contributed by atoms with Crippen LogP contribution in [0, 0.1) is 10.8 Å². The minimum Gasteiger partial charge on any atom is -0.380 e. The van der Waals surface area contributed by atoms with Crippen LogP contribution in [-0.2, 0) is 21.8 Å². The molecule has 1 aromatic rings. The Kier molecular flexibility index (Phi) is 4.58. The lowest BCUT2D eigenvalue weighted by molar-refractivity contribution is -0.198. The Labute approximate surface area is 170 Å². The molecule has 3 aliphatic heterocycles. The smallest absolute Gasteiger partial charge is 0.282 e. The van der Waals surface area contributed by atoms with Gasteiger partial charge in [-0.15, -0.1) is 0 Å². The SMILES string of the molecule is Cn1nc(C(F)F)cc1S(=O)(=O)N1CCC2(CCC(N3CC4(COC4)C3)C2)CC1. The minimum absolute atomic E-state index is 0.151. The van der Waals surface area contributed by atoms with Gasteiger partial charge in [-0.05, 0) is 37.5 Å². The number of aryl methyl sites for hydroxylation is 1. The van der Waals surface area contributed by atoms with Crippen LogP contribution in [0.2, 0.25) is 0 Å². The molecule has 3 saturated heterocycles. The van der Waals surface area contributed by atoms with Gasteiger partial charge in [0.15, 0.2) is 5.03 Å². The molecule has 0 N–H and O–H groups in total. The molecule has 4 heterocycles. The van der Waals surface area contributed by atoms with Crippen molar-refractivity contribution in [3.8, 4) is 0 Å². The molecule has 1 aromatic heterocycles. The molecule has 1 saturated carbocycles. The predicted octanol–water partition coefficient (Wildman–Crippen LogP) is 2.01. The Morgan fingerprint density at radius 1 is 1.17 bits per heavy atom. The summed E-state index contributed by atoms with van der Waals surface area (Å²) >= 11 is 0. The number of likely N-dealkylation sites (tertiary alicyclic amines) is 1. The molecule has 4 fully saturated rings. The molecule has 29 heavy (non-hydrogen) atoms. The van der Waals surface area contributed by atoms with E-state index in [2.05, 4.69) is 10.00 Å². The molecule has 0 bridgehead atoms. The van der Waals surface area contributed by atoms with E-state index < -0.39 is 22.1 Å². The molecular weight excluding hydrogens is 402 g/mol. The molecule has 0 amide bonds. The van der Waals surface area contributed by atoms with Crippen molar-refractivity contribution in [2.24, 2.45) is 17.9 Å². The lowest BCUT2D eigenvalue weighted by atomic mass is 9.75. The van der Waals surface area contributed by atoms with E-state index in [-0.39, 0.29) is 10.4 Å². The number of sulfonamides is 1. The zero-order chi connectivity index (χ0) is 20.4. The highest BCUT2D eigenvalue weighted by atomic mass is 32.2. The normalized spacial score (nSPS) is 29.4. The van der Waals surface area contributed by atoms with Crippen LogP contribution < -0.4 is 0 Å². The van der Waals surface area contributed by atoms with Crippen LogP contribution in [0.25, 0.3) is 0 Å². The first-order valence-electron chi connectivity index (χ1n) is 10.4. The van der Waals surface area contributed by atoms with Gasteiger partial charge in [0.2, 0.25) is 0 Å². The Morgan fingerprint density at radius 3 is 2.41 bits per heavy atom. The first kappa shape index (κ1) is 19.8. The van der Waals surface area contributed by atoms with Crippen molar-refractivity contribution in [2.75, 3.05) is 39.4 Å². The van der Waals surface area contributed by atoms with E-state index in [0.717, 1.165) is 62.7 Å². The summed E-state index contributed by atoms with van der Waals surface area (Å²) in [6.45, 7) is 4.97. The fraction of sp³-hybridized carbons (Fsp3) is 0.842. The van der Waals surface area contributed by atoms with Gasteiger partial charge in [0.1, 0.15) is 5.69 Å². The van der Waals surface area contributed by atoms with Crippen molar-refractivity contribution in [3.63, 3.8) is 0 Å². The number of nitrogens with zero attached hydrogens (tertiary/aromatic N) is 4. The van der Waals surface area contributed by atoms with E-state index in [1.165, 1.54) is 17.8 Å². The zero-order valence-electron chi connectivity index (χ0n) is 16.7. The topological polar surface area (TPSA) is 67.7 Å². The first-order chi connectivity index (χ1) is 13.7. The zero-order valence-corrected chi connectivity index (χ0v) is 17.5.